The van der Waals surface area contributed by atoms with Gasteiger partial charge in [0.05, 0.1) is 5.56 Å². The molecule has 0 aromatic heterocycles. The summed E-state index contributed by atoms with van der Waals surface area (Å²) in [5.74, 6) is 0.131. The van der Waals surface area contributed by atoms with Crippen LogP contribution in [0.1, 0.15) is 29.6 Å². The Balaban J connectivity index is 1.80. The Hall–Kier alpha value is -1.00. The van der Waals surface area contributed by atoms with Crippen LogP contribution in [-0.2, 0) is 0 Å². The number of nitrogens with zero attached hydrogens (tertiary/aromatic N) is 2. The summed E-state index contributed by atoms with van der Waals surface area (Å²) in [5, 5.41) is 0. The van der Waals surface area contributed by atoms with Gasteiger partial charge >= 0.3 is 0 Å². The number of likely N-dealkylation sites (tertiary alicyclic amines) is 1. The topological polar surface area (TPSA) is 23.6 Å². The molecule has 1 aromatic carbocycles. The average Bonchev–Trinajstić information content (AvgIpc) is 2.63. The van der Waals surface area contributed by atoms with Crippen molar-refractivity contribution in [2.45, 2.75) is 36.2 Å². The van der Waals surface area contributed by atoms with Crippen molar-refractivity contribution in [1.29, 1.82) is 0 Å². The van der Waals surface area contributed by atoms with Crippen LogP contribution < -0.4 is 0 Å². The minimum absolute atomic E-state index is 0.131. The first-order chi connectivity index (χ1) is 9.16. The predicted octanol–water partition coefficient (Wildman–Crippen LogP) is 2.28. The summed E-state index contributed by atoms with van der Waals surface area (Å²) in [6.45, 7) is 1.72. The quantitative estimate of drug-likeness (QED) is 0.796. The molecule has 4 heteroatoms. The Morgan fingerprint density at radius 1 is 1.21 bits per heavy atom. The summed E-state index contributed by atoms with van der Waals surface area (Å²) < 4.78 is 0. The minimum atomic E-state index is 0.131. The molecule has 0 aliphatic carbocycles. The van der Waals surface area contributed by atoms with Gasteiger partial charge in [-0.2, -0.15) is 0 Å². The van der Waals surface area contributed by atoms with Crippen molar-refractivity contribution in [3.05, 3.63) is 29.8 Å². The molecular weight excluding hydrogens is 256 g/mol. The van der Waals surface area contributed by atoms with Crippen LogP contribution in [0.5, 0.6) is 0 Å². The third-order valence-electron chi connectivity index (χ3n) is 4.57. The van der Waals surface area contributed by atoms with Crippen molar-refractivity contribution in [1.82, 2.24) is 9.80 Å². The van der Waals surface area contributed by atoms with E-state index < -0.39 is 0 Å². The van der Waals surface area contributed by atoms with Gasteiger partial charge in [0.15, 0.2) is 0 Å². The van der Waals surface area contributed by atoms with E-state index in [0.29, 0.717) is 12.1 Å². The smallest absolute Gasteiger partial charge is 0.255 e. The fraction of sp³-hybridized carbons (Fsp3) is 0.533. The number of hydrogen-bond acceptors (Lipinski definition) is 3. The zero-order valence-corrected chi connectivity index (χ0v) is 12.1. The molecule has 3 nitrogen and oxygen atoms in total. The molecule has 3 rings (SSSR count). The monoisotopic (exact) mass is 276 g/mol. The summed E-state index contributed by atoms with van der Waals surface area (Å²) in [6, 6.07) is 8.77. The number of carbonyl (C=O) groups excluding carboxylic acids is 1. The molecule has 2 fully saturated rings. The van der Waals surface area contributed by atoms with Crippen LogP contribution in [0.15, 0.2) is 29.2 Å². The van der Waals surface area contributed by atoms with Crippen LogP contribution in [0.4, 0.5) is 0 Å². The maximum absolute atomic E-state index is 12.6. The summed E-state index contributed by atoms with van der Waals surface area (Å²) in [5.41, 5.74) is 0.728. The molecule has 102 valence electrons. The number of hydrogen-bond donors (Lipinski definition) is 1. The van der Waals surface area contributed by atoms with Crippen molar-refractivity contribution < 1.29 is 4.79 Å². The normalized spacial score (nSPS) is 27.4. The highest BCUT2D eigenvalue weighted by Gasteiger charge is 2.36. The lowest BCUT2D eigenvalue weighted by atomic mass is 10.1. The van der Waals surface area contributed by atoms with Crippen LogP contribution >= 0.6 is 12.6 Å². The van der Waals surface area contributed by atoms with Gasteiger partial charge in [-0.1, -0.05) is 12.1 Å². The van der Waals surface area contributed by atoms with E-state index >= 15 is 0 Å². The number of benzene rings is 1. The third-order valence-corrected chi connectivity index (χ3v) is 4.96. The maximum atomic E-state index is 12.6. The molecule has 2 heterocycles. The summed E-state index contributed by atoms with van der Waals surface area (Å²) in [7, 11) is 2.20. The highest BCUT2D eigenvalue weighted by atomic mass is 32.1. The van der Waals surface area contributed by atoms with E-state index in [1.54, 1.807) is 0 Å². The Morgan fingerprint density at radius 3 is 2.74 bits per heavy atom. The molecule has 2 aliphatic rings. The number of rotatable bonds is 1. The summed E-state index contributed by atoms with van der Waals surface area (Å²) >= 11 is 4.40. The molecule has 2 atom stereocenters. The number of thiol groups is 1. The average molecular weight is 276 g/mol. The first-order valence-electron chi connectivity index (χ1n) is 6.96. The van der Waals surface area contributed by atoms with E-state index in [2.05, 4.69) is 24.6 Å². The number of amides is 1. The van der Waals surface area contributed by atoms with Crippen molar-refractivity contribution in [2.75, 3.05) is 20.1 Å². The molecule has 0 N–H and O–H groups in total. The van der Waals surface area contributed by atoms with E-state index in [-0.39, 0.29) is 5.91 Å². The highest BCUT2D eigenvalue weighted by Crippen LogP contribution is 2.29. The van der Waals surface area contributed by atoms with Gasteiger partial charge in [-0.25, -0.2) is 0 Å². The zero-order chi connectivity index (χ0) is 13.4. The first kappa shape index (κ1) is 13.0. The number of fused-ring (bicyclic) bond motifs is 2. The van der Waals surface area contributed by atoms with Crippen molar-refractivity contribution in [3.63, 3.8) is 0 Å². The van der Waals surface area contributed by atoms with Gasteiger partial charge in [0.25, 0.3) is 5.91 Å². The highest BCUT2D eigenvalue weighted by molar-refractivity contribution is 7.80. The second-order valence-electron chi connectivity index (χ2n) is 5.61. The fourth-order valence-electron chi connectivity index (χ4n) is 3.32. The van der Waals surface area contributed by atoms with Gasteiger partial charge in [0, 0.05) is 30.1 Å². The Morgan fingerprint density at radius 2 is 1.95 bits per heavy atom. The fourth-order valence-corrected chi connectivity index (χ4v) is 3.57. The van der Waals surface area contributed by atoms with Gasteiger partial charge < -0.3 is 4.90 Å². The molecule has 2 saturated heterocycles. The summed E-state index contributed by atoms with van der Waals surface area (Å²) in [6.07, 6.45) is 3.59. The standard InChI is InChI=1S/C15H20N2OS/c1-16-11-6-7-12(16)10-17(9-8-11)15(18)13-4-2-3-5-14(13)19/h2-5,11-12,19H,6-10H2,1H3. The lowest BCUT2D eigenvalue weighted by Crippen LogP contribution is -2.39. The number of carbonyl (C=O) groups is 1. The van der Waals surface area contributed by atoms with E-state index in [0.717, 1.165) is 30.0 Å². The Bertz CT molecular complexity index is 491. The van der Waals surface area contributed by atoms with Gasteiger partial charge in [0.2, 0.25) is 0 Å². The largest absolute Gasteiger partial charge is 0.337 e. The van der Waals surface area contributed by atoms with Gasteiger partial charge in [0.1, 0.15) is 0 Å². The Kier molecular flexibility index (Phi) is 3.54. The second kappa shape index (κ2) is 5.17. The molecule has 1 amide bonds. The molecule has 0 radical (unpaired) electrons. The van der Waals surface area contributed by atoms with Crippen molar-refractivity contribution in [2.24, 2.45) is 0 Å². The first-order valence-corrected chi connectivity index (χ1v) is 7.40. The molecule has 19 heavy (non-hydrogen) atoms. The molecule has 2 bridgehead atoms. The molecule has 2 aliphatic heterocycles. The van der Waals surface area contributed by atoms with Gasteiger partial charge in [-0.15, -0.1) is 12.6 Å². The minimum Gasteiger partial charge on any atom is -0.337 e. The van der Waals surface area contributed by atoms with E-state index in [9.17, 15) is 4.79 Å². The van der Waals surface area contributed by atoms with Crippen molar-refractivity contribution in [3.8, 4) is 0 Å². The molecule has 0 spiro atoms. The predicted molar refractivity (Wildman–Crippen MR) is 78.8 cm³/mol. The van der Waals surface area contributed by atoms with E-state index in [1.807, 2.05) is 29.2 Å². The lowest BCUT2D eigenvalue weighted by Gasteiger charge is -2.26. The second-order valence-corrected chi connectivity index (χ2v) is 6.09. The van der Waals surface area contributed by atoms with Crippen molar-refractivity contribution >= 4 is 18.5 Å². The van der Waals surface area contributed by atoms with E-state index in [1.165, 1.54) is 12.8 Å². The number of likely N-dealkylation sites (N-methyl/N-ethyl adjacent to an activating group) is 1. The SMILES string of the molecule is CN1C2CCC1CN(C(=O)c1ccccc1S)CC2. The van der Waals surface area contributed by atoms with Gasteiger partial charge in [-0.05, 0) is 38.4 Å². The maximum Gasteiger partial charge on any atom is 0.255 e. The molecular formula is C15H20N2OS. The Labute approximate surface area is 120 Å². The van der Waals surface area contributed by atoms with Crippen LogP contribution in [-0.4, -0.2) is 47.9 Å². The summed E-state index contributed by atoms with van der Waals surface area (Å²) in [4.78, 5) is 17.9. The molecule has 1 aromatic rings. The van der Waals surface area contributed by atoms with Crippen LogP contribution in [0.25, 0.3) is 0 Å². The van der Waals surface area contributed by atoms with Crippen LogP contribution in [0.3, 0.4) is 0 Å². The van der Waals surface area contributed by atoms with Crippen LogP contribution in [0.2, 0.25) is 0 Å². The third kappa shape index (κ3) is 2.39. The molecule has 0 saturated carbocycles. The van der Waals surface area contributed by atoms with Gasteiger partial charge in [-0.3, -0.25) is 9.69 Å². The lowest BCUT2D eigenvalue weighted by molar-refractivity contribution is 0.0737. The zero-order valence-electron chi connectivity index (χ0n) is 11.2. The van der Waals surface area contributed by atoms with E-state index in [4.69, 9.17) is 0 Å². The van der Waals surface area contributed by atoms with Crippen LogP contribution in [0, 0.1) is 0 Å². The molecule has 2 unspecified atom stereocenters.